The summed E-state index contributed by atoms with van der Waals surface area (Å²) in [6, 6.07) is 11.3. The molecule has 0 aliphatic heterocycles. The summed E-state index contributed by atoms with van der Waals surface area (Å²) in [5.74, 6) is 0.692. The van der Waals surface area contributed by atoms with Crippen LogP contribution in [0.3, 0.4) is 0 Å². The summed E-state index contributed by atoms with van der Waals surface area (Å²) in [5, 5.41) is 12.1. The molecule has 0 saturated carbocycles. The van der Waals surface area contributed by atoms with E-state index in [9.17, 15) is 0 Å². The molecule has 0 aliphatic rings. The summed E-state index contributed by atoms with van der Waals surface area (Å²) in [7, 11) is 0. The van der Waals surface area contributed by atoms with Crippen LogP contribution in [0.4, 0.5) is 5.82 Å². The van der Waals surface area contributed by atoms with Crippen molar-refractivity contribution in [3.8, 4) is 6.07 Å². The SMILES string of the molecule is Cc1cc(NCc2ccc(C#N)cc2)nc(Cl)n1. The van der Waals surface area contributed by atoms with Gasteiger partial charge in [0.25, 0.3) is 0 Å². The second-order valence-electron chi connectivity index (χ2n) is 3.83. The Hall–Kier alpha value is -2.12. The summed E-state index contributed by atoms with van der Waals surface area (Å²) in [6.07, 6.45) is 0. The molecule has 0 saturated heterocycles. The van der Waals surface area contributed by atoms with Gasteiger partial charge in [0.05, 0.1) is 11.6 Å². The normalized spacial score (nSPS) is 9.83. The summed E-state index contributed by atoms with van der Waals surface area (Å²) in [6.45, 7) is 2.49. The third-order valence-corrected chi connectivity index (χ3v) is 2.55. The molecule has 1 aromatic heterocycles. The van der Waals surface area contributed by atoms with Crippen LogP contribution in [-0.2, 0) is 6.54 Å². The Balaban J connectivity index is 2.04. The van der Waals surface area contributed by atoms with Crippen molar-refractivity contribution in [2.45, 2.75) is 13.5 Å². The van der Waals surface area contributed by atoms with Gasteiger partial charge in [-0.1, -0.05) is 12.1 Å². The van der Waals surface area contributed by atoms with Gasteiger partial charge < -0.3 is 5.32 Å². The summed E-state index contributed by atoms with van der Waals surface area (Å²) >= 11 is 5.77. The maximum atomic E-state index is 8.70. The van der Waals surface area contributed by atoms with E-state index in [1.165, 1.54) is 0 Å². The van der Waals surface area contributed by atoms with Crippen molar-refractivity contribution >= 4 is 17.4 Å². The molecule has 90 valence electrons. The minimum Gasteiger partial charge on any atom is -0.366 e. The molecule has 0 bridgehead atoms. The number of nitrogens with zero attached hydrogens (tertiary/aromatic N) is 3. The predicted molar refractivity (Wildman–Crippen MR) is 70.3 cm³/mol. The van der Waals surface area contributed by atoms with Crippen LogP contribution in [0, 0.1) is 18.3 Å². The highest BCUT2D eigenvalue weighted by Gasteiger charge is 2.00. The minimum atomic E-state index is 0.234. The number of aromatic nitrogens is 2. The first-order chi connectivity index (χ1) is 8.67. The van der Waals surface area contributed by atoms with Crippen molar-refractivity contribution in [3.63, 3.8) is 0 Å². The zero-order valence-electron chi connectivity index (χ0n) is 9.81. The Morgan fingerprint density at radius 3 is 2.61 bits per heavy atom. The fourth-order valence-corrected chi connectivity index (χ4v) is 1.74. The van der Waals surface area contributed by atoms with E-state index in [0.717, 1.165) is 11.3 Å². The number of benzene rings is 1. The lowest BCUT2D eigenvalue weighted by atomic mass is 10.1. The molecule has 4 nitrogen and oxygen atoms in total. The van der Waals surface area contributed by atoms with Crippen LogP contribution < -0.4 is 5.32 Å². The van der Waals surface area contributed by atoms with Gasteiger partial charge in [-0.25, -0.2) is 9.97 Å². The number of aryl methyl sites for hydroxylation is 1. The first kappa shape index (κ1) is 12.3. The molecule has 0 atom stereocenters. The number of halogens is 1. The van der Waals surface area contributed by atoms with E-state index >= 15 is 0 Å². The standard InChI is InChI=1S/C13H11ClN4/c1-9-6-12(18-13(14)17-9)16-8-11-4-2-10(7-15)3-5-11/h2-6H,8H2,1H3,(H,16,17,18). The highest BCUT2D eigenvalue weighted by Crippen LogP contribution is 2.11. The molecule has 1 heterocycles. The maximum Gasteiger partial charge on any atom is 0.224 e. The first-order valence-electron chi connectivity index (χ1n) is 5.41. The Bertz CT molecular complexity index is 567. The van der Waals surface area contributed by atoms with Gasteiger partial charge in [0.15, 0.2) is 0 Å². The fraction of sp³-hybridized carbons (Fsp3) is 0.154. The van der Waals surface area contributed by atoms with Crippen molar-refractivity contribution in [1.82, 2.24) is 9.97 Å². The molecule has 0 fully saturated rings. The van der Waals surface area contributed by atoms with Crippen molar-refractivity contribution < 1.29 is 0 Å². The number of hydrogen-bond acceptors (Lipinski definition) is 4. The molecular weight excluding hydrogens is 248 g/mol. The van der Waals surface area contributed by atoms with E-state index in [4.69, 9.17) is 16.9 Å². The number of nitrogens with one attached hydrogen (secondary N) is 1. The lowest BCUT2D eigenvalue weighted by molar-refractivity contribution is 1.05. The average Bonchev–Trinajstić information content (AvgIpc) is 2.36. The molecule has 0 aliphatic carbocycles. The van der Waals surface area contributed by atoms with Crippen LogP contribution in [0.15, 0.2) is 30.3 Å². The quantitative estimate of drug-likeness (QED) is 0.860. The number of nitriles is 1. The fourth-order valence-electron chi connectivity index (χ4n) is 1.51. The van der Waals surface area contributed by atoms with Crippen LogP contribution >= 0.6 is 11.6 Å². The molecule has 5 heteroatoms. The number of anilines is 1. The smallest absolute Gasteiger partial charge is 0.224 e. The van der Waals surface area contributed by atoms with Crippen LogP contribution in [0.5, 0.6) is 0 Å². The maximum absolute atomic E-state index is 8.70. The molecule has 1 N–H and O–H groups in total. The van der Waals surface area contributed by atoms with Crippen LogP contribution in [0.2, 0.25) is 5.28 Å². The van der Waals surface area contributed by atoms with Crippen molar-refractivity contribution in [2.75, 3.05) is 5.32 Å². The monoisotopic (exact) mass is 258 g/mol. The summed E-state index contributed by atoms with van der Waals surface area (Å²) < 4.78 is 0. The molecule has 18 heavy (non-hydrogen) atoms. The van der Waals surface area contributed by atoms with Crippen LogP contribution in [0.1, 0.15) is 16.8 Å². The third kappa shape index (κ3) is 3.19. The van der Waals surface area contributed by atoms with Gasteiger partial charge in [-0.05, 0) is 36.2 Å². The van der Waals surface area contributed by atoms with Gasteiger partial charge in [0.1, 0.15) is 5.82 Å². The summed E-state index contributed by atoms with van der Waals surface area (Å²) in [5.41, 5.74) is 2.54. The molecule has 1 aromatic carbocycles. The van der Waals surface area contributed by atoms with Gasteiger partial charge in [0.2, 0.25) is 5.28 Å². The van der Waals surface area contributed by atoms with E-state index in [2.05, 4.69) is 21.4 Å². The van der Waals surface area contributed by atoms with E-state index in [1.807, 2.05) is 25.1 Å². The largest absolute Gasteiger partial charge is 0.366 e. The number of rotatable bonds is 3. The molecule has 0 radical (unpaired) electrons. The molecule has 2 rings (SSSR count). The van der Waals surface area contributed by atoms with E-state index in [-0.39, 0.29) is 5.28 Å². The van der Waals surface area contributed by atoms with E-state index in [1.54, 1.807) is 12.1 Å². The molecule has 0 unspecified atom stereocenters. The van der Waals surface area contributed by atoms with Gasteiger partial charge >= 0.3 is 0 Å². The topological polar surface area (TPSA) is 61.6 Å². The lowest BCUT2D eigenvalue weighted by Gasteiger charge is -2.06. The van der Waals surface area contributed by atoms with Crippen molar-refractivity contribution in [1.29, 1.82) is 5.26 Å². The number of hydrogen-bond donors (Lipinski definition) is 1. The van der Waals surface area contributed by atoms with E-state index in [0.29, 0.717) is 17.9 Å². The van der Waals surface area contributed by atoms with Gasteiger partial charge in [-0.2, -0.15) is 5.26 Å². The Morgan fingerprint density at radius 2 is 2.00 bits per heavy atom. The van der Waals surface area contributed by atoms with Gasteiger partial charge in [-0.15, -0.1) is 0 Å². The van der Waals surface area contributed by atoms with Gasteiger partial charge in [0, 0.05) is 18.3 Å². The first-order valence-corrected chi connectivity index (χ1v) is 5.79. The highest BCUT2D eigenvalue weighted by molar-refractivity contribution is 6.28. The van der Waals surface area contributed by atoms with Crippen LogP contribution in [-0.4, -0.2) is 9.97 Å². The second kappa shape index (κ2) is 5.48. The zero-order valence-corrected chi connectivity index (χ0v) is 10.6. The van der Waals surface area contributed by atoms with Crippen LogP contribution in [0.25, 0.3) is 0 Å². The summed E-state index contributed by atoms with van der Waals surface area (Å²) in [4.78, 5) is 8.06. The second-order valence-corrected chi connectivity index (χ2v) is 4.16. The van der Waals surface area contributed by atoms with Crippen molar-refractivity contribution in [3.05, 3.63) is 52.4 Å². The Morgan fingerprint density at radius 1 is 1.28 bits per heavy atom. The molecule has 2 aromatic rings. The third-order valence-electron chi connectivity index (χ3n) is 2.38. The zero-order chi connectivity index (χ0) is 13.0. The Kier molecular flexibility index (Phi) is 3.75. The van der Waals surface area contributed by atoms with Gasteiger partial charge in [-0.3, -0.25) is 0 Å². The highest BCUT2D eigenvalue weighted by atomic mass is 35.5. The Labute approximate surface area is 110 Å². The van der Waals surface area contributed by atoms with E-state index < -0.39 is 0 Å². The lowest BCUT2D eigenvalue weighted by Crippen LogP contribution is -2.02. The molecule has 0 spiro atoms. The minimum absolute atomic E-state index is 0.234. The average molecular weight is 259 g/mol. The molecule has 0 amide bonds. The molecular formula is C13H11ClN4. The predicted octanol–water partition coefficient (Wildman–Crippen LogP) is 2.92. The van der Waals surface area contributed by atoms with Crippen molar-refractivity contribution in [2.24, 2.45) is 0 Å².